The molecule has 1 fully saturated rings. The van der Waals surface area contributed by atoms with Crippen LogP contribution in [0.15, 0.2) is 35.6 Å². The number of nitrogens with one attached hydrogen (secondary N) is 1. The van der Waals surface area contributed by atoms with Gasteiger partial charge in [-0.2, -0.15) is 0 Å². The number of hydrogen-bond acceptors (Lipinski definition) is 6. The maximum atomic E-state index is 12.7. The van der Waals surface area contributed by atoms with Crippen LogP contribution >= 0.6 is 0 Å². The Labute approximate surface area is 147 Å². The predicted molar refractivity (Wildman–Crippen MR) is 96.2 cm³/mol. The van der Waals surface area contributed by atoms with Gasteiger partial charge in [0.05, 0.1) is 34.7 Å². The van der Waals surface area contributed by atoms with Crippen molar-refractivity contribution in [3.05, 3.63) is 36.3 Å². The largest absolute Gasteiger partial charge is 0.497 e. The molecule has 1 saturated heterocycles. The number of fused-ring (bicyclic) bond motifs is 1. The highest BCUT2D eigenvalue weighted by molar-refractivity contribution is 7.84. The van der Waals surface area contributed by atoms with E-state index < -0.39 is 10.8 Å². The highest BCUT2D eigenvalue weighted by Gasteiger charge is 2.16. The van der Waals surface area contributed by atoms with Crippen LogP contribution in [0.3, 0.4) is 0 Å². The maximum absolute atomic E-state index is 12.7. The zero-order valence-corrected chi connectivity index (χ0v) is 14.8. The van der Waals surface area contributed by atoms with Gasteiger partial charge in [0.15, 0.2) is 5.16 Å². The van der Waals surface area contributed by atoms with Crippen LogP contribution in [0.25, 0.3) is 11.0 Å². The molecule has 0 amide bonds. The first kappa shape index (κ1) is 16.0. The highest BCUT2D eigenvalue weighted by atomic mass is 32.2. The Morgan fingerprint density at radius 3 is 2.88 bits per heavy atom. The average molecular weight is 357 g/mol. The second-order valence-corrected chi connectivity index (χ2v) is 7.31. The van der Waals surface area contributed by atoms with Gasteiger partial charge >= 0.3 is 0 Å². The van der Waals surface area contributed by atoms with Gasteiger partial charge in [-0.05, 0) is 31.0 Å². The molecule has 1 aliphatic heterocycles. The van der Waals surface area contributed by atoms with Crippen LogP contribution in [-0.4, -0.2) is 44.3 Å². The summed E-state index contributed by atoms with van der Waals surface area (Å²) in [6.07, 6.45) is 4.11. The van der Waals surface area contributed by atoms with E-state index in [1.54, 1.807) is 13.3 Å². The molecule has 1 atom stereocenters. The van der Waals surface area contributed by atoms with Crippen molar-refractivity contribution in [3.8, 4) is 5.75 Å². The Balaban J connectivity index is 1.54. The van der Waals surface area contributed by atoms with Gasteiger partial charge in [-0.15, -0.1) is 0 Å². The molecule has 0 saturated carbocycles. The molecule has 8 heteroatoms. The lowest BCUT2D eigenvalue weighted by Crippen LogP contribution is -2.19. The summed E-state index contributed by atoms with van der Waals surface area (Å²) in [4.78, 5) is 18.6. The molecule has 3 heterocycles. The Kier molecular flexibility index (Phi) is 4.35. The minimum absolute atomic E-state index is 0.235. The maximum Gasteiger partial charge on any atom is 0.197 e. The van der Waals surface area contributed by atoms with Crippen LogP contribution in [0.5, 0.6) is 5.75 Å². The monoisotopic (exact) mass is 357 g/mol. The van der Waals surface area contributed by atoms with Crippen molar-refractivity contribution in [1.82, 2.24) is 19.9 Å². The zero-order valence-electron chi connectivity index (χ0n) is 13.9. The standard InChI is InChI=1S/C17H19N5O2S/c1-24-12-4-5-13-14(10-12)20-17(19-13)25(23)11-15-18-7-6-16(21-15)22-8-2-3-9-22/h4-7,10H,2-3,8-9,11H2,1H3,(H,19,20). The zero-order chi connectivity index (χ0) is 17.2. The SMILES string of the molecule is COc1ccc2nc(S(=O)Cc3nccc(N4CCCC4)n3)[nH]c2c1. The van der Waals surface area contributed by atoms with E-state index in [1.807, 2.05) is 24.3 Å². The topological polar surface area (TPSA) is 84.0 Å². The van der Waals surface area contributed by atoms with Crippen molar-refractivity contribution in [1.29, 1.82) is 0 Å². The van der Waals surface area contributed by atoms with Gasteiger partial charge in [-0.1, -0.05) is 0 Å². The normalized spacial score (nSPS) is 15.6. The van der Waals surface area contributed by atoms with Crippen LogP contribution in [-0.2, 0) is 16.6 Å². The molecule has 1 unspecified atom stereocenters. The Morgan fingerprint density at radius 2 is 2.08 bits per heavy atom. The van der Waals surface area contributed by atoms with Crippen molar-refractivity contribution in [2.24, 2.45) is 0 Å². The van der Waals surface area contributed by atoms with E-state index >= 15 is 0 Å². The molecule has 130 valence electrons. The molecule has 0 aliphatic carbocycles. The van der Waals surface area contributed by atoms with E-state index in [2.05, 4.69) is 24.8 Å². The van der Waals surface area contributed by atoms with Gasteiger partial charge in [0.1, 0.15) is 17.4 Å². The molecule has 4 rings (SSSR count). The number of rotatable bonds is 5. The number of methoxy groups -OCH3 is 1. The molecule has 1 N–H and O–H groups in total. The number of imidazole rings is 1. The van der Waals surface area contributed by atoms with Crippen LogP contribution < -0.4 is 9.64 Å². The molecule has 3 aromatic rings. The number of H-pyrrole nitrogens is 1. The van der Waals surface area contributed by atoms with Crippen LogP contribution in [0, 0.1) is 0 Å². The number of aromatic amines is 1. The first-order chi connectivity index (χ1) is 12.2. The summed E-state index contributed by atoms with van der Waals surface area (Å²) in [5, 5.41) is 0.429. The molecular weight excluding hydrogens is 338 g/mol. The van der Waals surface area contributed by atoms with E-state index in [9.17, 15) is 4.21 Å². The minimum atomic E-state index is -1.34. The molecule has 1 aromatic carbocycles. The summed E-state index contributed by atoms with van der Waals surface area (Å²) in [7, 11) is 0.276. The Morgan fingerprint density at radius 1 is 1.24 bits per heavy atom. The molecule has 0 spiro atoms. The average Bonchev–Trinajstić information content (AvgIpc) is 3.31. The van der Waals surface area contributed by atoms with Gasteiger partial charge in [-0.25, -0.2) is 15.0 Å². The summed E-state index contributed by atoms with van der Waals surface area (Å²) in [5.74, 6) is 2.45. The van der Waals surface area contributed by atoms with Gasteiger partial charge in [0, 0.05) is 25.4 Å². The minimum Gasteiger partial charge on any atom is -0.497 e. The number of aromatic nitrogens is 4. The Hall–Kier alpha value is -2.48. The first-order valence-electron chi connectivity index (χ1n) is 8.22. The van der Waals surface area contributed by atoms with E-state index in [-0.39, 0.29) is 5.75 Å². The number of hydrogen-bond donors (Lipinski definition) is 1. The van der Waals surface area contributed by atoms with Gasteiger partial charge in [0.25, 0.3) is 0 Å². The third kappa shape index (κ3) is 3.34. The Bertz CT molecular complexity index is 920. The van der Waals surface area contributed by atoms with Crippen LogP contribution in [0.4, 0.5) is 5.82 Å². The van der Waals surface area contributed by atoms with Crippen LogP contribution in [0.2, 0.25) is 0 Å². The van der Waals surface area contributed by atoms with E-state index in [1.165, 1.54) is 12.8 Å². The molecule has 7 nitrogen and oxygen atoms in total. The van der Waals surface area contributed by atoms with Crippen molar-refractivity contribution in [3.63, 3.8) is 0 Å². The summed E-state index contributed by atoms with van der Waals surface area (Å²) in [5.41, 5.74) is 1.56. The molecule has 0 bridgehead atoms. The van der Waals surface area contributed by atoms with Crippen molar-refractivity contribution >= 4 is 27.7 Å². The van der Waals surface area contributed by atoms with Gasteiger partial charge < -0.3 is 14.6 Å². The summed E-state index contributed by atoms with van der Waals surface area (Å²) in [6.45, 7) is 2.04. The van der Waals surface area contributed by atoms with E-state index in [0.717, 1.165) is 35.7 Å². The fourth-order valence-electron chi connectivity index (χ4n) is 2.97. The van der Waals surface area contributed by atoms with Gasteiger partial charge in [-0.3, -0.25) is 4.21 Å². The first-order valence-corrected chi connectivity index (χ1v) is 9.54. The lowest BCUT2D eigenvalue weighted by molar-refractivity contribution is 0.415. The number of ether oxygens (including phenoxy) is 1. The number of nitrogens with zero attached hydrogens (tertiary/aromatic N) is 4. The smallest absolute Gasteiger partial charge is 0.197 e. The summed E-state index contributed by atoms with van der Waals surface area (Å²) in [6, 6.07) is 7.42. The number of benzene rings is 1. The lowest BCUT2D eigenvalue weighted by Gasteiger charge is -2.16. The van der Waals surface area contributed by atoms with Crippen molar-refractivity contribution in [2.45, 2.75) is 23.8 Å². The van der Waals surface area contributed by atoms with E-state index in [4.69, 9.17) is 4.74 Å². The number of anilines is 1. The molecule has 0 radical (unpaired) electrons. The summed E-state index contributed by atoms with van der Waals surface area (Å²) < 4.78 is 17.9. The second kappa shape index (κ2) is 6.79. The molecule has 1 aliphatic rings. The lowest BCUT2D eigenvalue weighted by atomic mass is 10.3. The van der Waals surface area contributed by atoms with Crippen molar-refractivity contribution in [2.75, 3.05) is 25.1 Å². The quantitative estimate of drug-likeness (QED) is 0.754. The highest BCUT2D eigenvalue weighted by Crippen LogP contribution is 2.21. The fraction of sp³-hybridized carbons (Fsp3) is 0.353. The molecule has 25 heavy (non-hydrogen) atoms. The van der Waals surface area contributed by atoms with E-state index in [0.29, 0.717) is 11.0 Å². The predicted octanol–water partition coefficient (Wildman–Crippen LogP) is 2.27. The fourth-order valence-corrected chi connectivity index (χ4v) is 3.90. The third-order valence-corrected chi connectivity index (χ3v) is 5.41. The van der Waals surface area contributed by atoms with Crippen LogP contribution in [0.1, 0.15) is 18.7 Å². The second-order valence-electron chi connectivity index (χ2n) is 5.94. The third-order valence-electron chi connectivity index (χ3n) is 4.26. The summed E-state index contributed by atoms with van der Waals surface area (Å²) >= 11 is 0. The molecular formula is C17H19N5O2S. The van der Waals surface area contributed by atoms with Crippen molar-refractivity contribution < 1.29 is 8.95 Å². The molecule has 2 aromatic heterocycles. The van der Waals surface area contributed by atoms with Gasteiger partial charge in [0.2, 0.25) is 0 Å².